The maximum atomic E-state index is 5.72. The summed E-state index contributed by atoms with van der Waals surface area (Å²) >= 11 is 3.49. The first-order valence-electron chi connectivity index (χ1n) is 6.96. The number of nitrogens with one attached hydrogen (secondary N) is 1. The molecule has 0 aliphatic carbocycles. The highest BCUT2D eigenvalue weighted by Gasteiger charge is 2.10. The molecule has 1 unspecified atom stereocenters. The number of benzene rings is 1. The normalized spacial score (nSPS) is 12.4. The SMILES string of the molecule is CNC(C)Cc1noc(CCOc2ccc(C)cc2Br)n1. The highest BCUT2D eigenvalue weighted by atomic mass is 79.9. The van der Waals surface area contributed by atoms with Gasteiger partial charge in [-0.15, -0.1) is 0 Å². The summed E-state index contributed by atoms with van der Waals surface area (Å²) < 4.78 is 11.9. The number of rotatable bonds is 7. The predicted octanol–water partition coefficient (Wildman–Crippen LogP) is 2.91. The van der Waals surface area contributed by atoms with Crippen LogP contribution in [0.2, 0.25) is 0 Å². The summed E-state index contributed by atoms with van der Waals surface area (Å²) in [7, 11) is 1.92. The molecule has 6 heteroatoms. The van der Waals surface area contributed by atoms with Crippen molar-refractivity contribution in [1.82, 2.24) is 15.5 Å². The van der Waals surface area contributed by atoms with Gasteiger partial charge < -0.3 is 14.6 Å². The molecule has 0 amide bonds. The van der Waals surface area contributed by atoms with E-state index in [0.717, 1.165) is 22.5 Å². The lowest BCUT2D eigenvalue weighted by atomic mass is 10.2. The summed E-state index contributed by atoms with van der Waals surface area (Å²) in [5.74, 6) is 2.16. The number of ether oxygens (including phenoxy) is 1. The zero-order valence-corrected chi connectivity index (χ0v) is 14.1. The van der Waals surface area contributed by atoms with Crippen molar-refractivity contribution in [3.63, 3.8) is 0 Å². The van der Waals surface area contributed by atoms with Gasteiger partial charge in [-0.1, -0.05) is 11.2 Å². The van der Waals surface area contributed by atoms with Crippen LogP contribution in [0.4, 0.5) is 0 Å². The number of aromatic nitrogens is 2. The minimum Gasteiger partial charge on any atom is -0.492 e. The number of hydrogen-bond acceptors (Lipinski definition) is 5. The van der Waals surface area contributed by atoms with Gasteiger partial charge in [-0.25, -0.2) is 0 Å². The van der Waals surface area contributed by atoms with Crippen LogP contribution in [0.3, 0.4) is 0 Å². The van der Waals surface area contributed by atoms with Crippen LogP contribution in [0, 0.1) is 6.92 Å². The Hall–Kier alpha value is -1.40. The Bertz CT molecular complexity index is 586. The van der Waals surface area contributed by atoms with Gasteiger partial charge >= 0.3 is 0 Å². The number of hydrogen-bond donors (Lipinski definition) is 1. The number of likely N-dealkylation sites (N-methyl/N-ethyl adjacent to an activating group) is 1. The molecular weight excluding hydrogens is 334 g/mol. The third-order valence-corrected chi connectivity index (χ3v) is 3.77. The highest BCUT2D eigenvalue weighted by Crippen LogP contribution is 2.25. The minimum atomic E-state index is 0.329. The van der Waals surface area contributed by atoms with Crippen LogP contribution in [-0.4, -0.2) is 29.8 Å². The lowest BCUT2D eigenvalue weighted by Crippen LogP contribution is -2.24. The number of aryl methyl sites for hydroxylation is 1. The van der Waals surface area contributed by atoms with Gasteiger partial charge in [0.05, 0.1) is 17.5 Å². The molecule has 0 radical (unpaired) electrons. The fourth-order valence-corrected chi connectivity index (χ4v) is 2.43. The van der Waals surface area contributed by atoms with Gasteiger partial charge in [-0.3, -0.25) is 0 Å². The Kier molecular flexibility index (Phi) is 5.76. The van der Waals surface area contributed by atoms with E-state index in [0.29, 0.717) is 25.0 Å². The fraction of sp³-hybridized carbons (Fsp3) is 0.467. The molecule has 0 saturated carbocycles. The van der Waals surface area contributed by atoms with Crippen molar-refractivity contribution in [2.45, 2.75) is 32.7 Å². The first-order valence-corrected chi connectivity index (χ1v) is 7.75. The molecule has 1 N–H and O–H groups in total. The van der Waals surface area contributed by atoms with Crippen LogP contribution in [-0.2, 0) is 12.8 Å². The quantitative estimate of drug-likeness (QED) is 0.829. The van der Waals surface area contributed by atoms with Crippen LogP contribution in [0.5, 0.6) is 5.75 Å². The Morgan fingerprint density at radius 3 is 2.95 bits per heavy atom. The molecule has 1 aromatic carbocycles. The van der Waals surface area contributed by atoms with Crippen molar-refractivity contribution >= 4 is 15.9 Å². The van der Waals surface area contributed by atoms with E-state index in [4.69, 9.17) is 9.26 Å². The number of halogens is 1. The van der Waals surface area contributed by atoms with Crippen molar-refractivity contribution in [1.29, 1.82) is 0 Å². The average molecular weight is 354 g/mol. The topological polar surface area (TPSA) is 60.2 Å². The van der Waals surface area contributed by atoms with E-state index in [9.17, 15) is 0 Å². The summed E-state index contributed by atoms with van der Waals surface area (Å²) in [6.45, 7) is 4.62. The van der Waals surface area contributed by atoms with Gasteiger partial charge in [-0.2, -0.15) is 4.98 Å². The molecule has 0 fully saturated rings. The summed E-state index contributed by atoms with van der Waals surface area (Å²) in [5, 5.41) is 7.11. The second-order valence-corrected chi connectivity index (χ2v) is 5.88. The monoisotopic (exact) mass is 353 g/mol. The standard InChI is InChI=1S/C15H20BrN3O2/c1-10-4-5-13(12(16)8-10)20-7-6-15-18-14(19-21-15)9-11(2)17-3/h4-5,8,11,17H,6-7,9H2,1-3H3. The lowest BCUT2D eigenvalue weighted by Gasteiger charge is -2.07. The van der Waals surface area contributed by atoms with Gasteiger partial charge in [0.1, 0.15) is 5.75 Å². The Balaban J connectivity index is 1.83. The first kappa shape index (κ1) is 16.0. The van der Waals surface area contributed by atoms with E-state index in [1.54, 1.807) is 0 Å². The third-order valence-electron chi connectivity index (χ3n) is 3.15. The van der Waals surface area contributed by atoms with Crippen LogP contribution in [0.15, 0.2) is 27.2 Å². The molecule has 2 rings (SSSR count). The van der Waals surface area contributed by atoms with Gasteiger partial charge in [0.2, 0.25) is 5.89 Å². The Morgan fingerprint density at radius 2 is 2.24 bits per heavy atom. The van der Waals surface area contributed by atoms with Crippen molar-refractivity contribution in [3.05, 3.63) is 40.0 Å². The zero-order chi connectivity index (χ0) is 15.2. The van der Waals surface area contributed by atoms with Gasteiger partial charge in [-0.05, 0) is 54.5 Å². The van der Waals surface area contributed by atoms with E-state index in [1.165, 1.54) is 5.56 Å². The molecule has 114 valence electrons. The number of nitrogens with zero attached hydrogens (tertiary/aromatic N) is 2. The van der Waals surface area contributed by atoms with Crippen LogP contribution < -0.4 is 10.1 Å². The van der Waals surface area contributed by atoms with Gasteiger partial charge in [0.25, 0.3) is 0 Å². The van der Waals surface area contributed by atoms with E-state index in [1.807, 2.05) is 32.2 Å². The molecule has 1 atom stereocenters. The molecule has 0 saturated heterocycles. The summed E-state index contributed by atoms with van der Waals surface area (Å²) in [5.41, 5.74) is 1.19. The predicted molar refractivity (Wildman–Crippen MR) is 84.6 cm³/mol. The van der Waals surface area contributed by atoms with E-state index in [-0.39, 0.29) is 0 Å². The van der Waals surface area contributed by atoms with Crippen molar-refractivity contribution < 1.29 is 9.26 Å². The van der Waals surface area contributed by atoms with E-state index >= 15 is 0 Å². The molecule has 2 aromatic rings. The van der Waals surface area contributed by atoms with Crippen LogP contribution in [0.25, 0.3) is 0 Å². The molecule has 0 aliphatic heterocycles. The second kappa shape index (κ2) is 7.56. The smallest absolute Gasteiger partial charge is 0.230 e. The first-order chi connectivity index (χ1) is 10.1. The van der Waals surface area contributed by atoms with E-state index in [2.05, 4.69) is 38.3 Å². The van der Waals surface area contributed by atoms with Crippen LogP contribution in [0.1, 0.15) is 24.2 Å². The molecule has 0 spiro atoms. The maximum absolute atomic E-state index is 5.72. The molecule has 0 aliphatic rings. The van der Waals surface area contributed by atoms with Crippen molar-refractivity contribution in [2.75, 3.05) is 13.7 Å². The second-order valence-electron chi connectivity index (χ2n) is 5.03. The van der Waals surface area contributed by atoms with Crippen molar-refractivity contribution in [3.8, 4) is 5.75 Å². The molecule has 1 aromatic heterocycles. The van der Waals surface area contributed by atoms with Gasteiger partial charge in [0, 0.05) is 12.5 Å². The minimum absolute atomic E-state index is 0.329. The van der Waals surface area contributed by atoms with Gasteiger partial charge in [0.15, 0.2) is 5.82 Å². The third kappa shape index (κ3) is 4.82. The molecule has 21 heavy (non-hydrogen) atoms. The van der Waals surface area contributed by atoms with E-state index < -0.39 is 0 Å². The summed E-state index contributed by atoms with van der Waals surface area (Å²) in [4.78, 5) is 4.36. The molecule has 1 heterocycles. The average Bonchev–Trinajstić information content (AvgIpc) is 2.88. The fourth-order valence-electron chi connectivity index (χ4n) is 1.82. The molecular formula is C15H20BrN3O2. The zero-order valence-electron chi connectivity index (χ0n) is 12.5. The highest BCUT2D eigenvalue weighted by molar-refractivity contribution is 9.10. The maximum Gasteiger partial charge on any atom is 0.230 e. The molecule has 5 nitrogen and oxygen atoms in total. The molecule has 0 bridgehead atoms. The van der Waals surface area contributed by atoms with Crippen molar-refractivity contribution in [2.24, 2.45) is 0 Å². The lowest BCUT2D eigenvalue weighted by molar-refractivity contribution is 0.290. The largest absolute Gasteiger partial charge is 0.492 e. The Morgan fingerprint density at radius 1 is 1.43 bits per heavy atom. The summed E-state index contributed by atoms with van der Waals surface area (Å²) in [6.07, 6.45) is 1.35. The van der Waals surface area contributed by atoms with Crippen LogP contribution >= 0.6 is 15.9 Å². The summed E-state index contributed by atoms with van der Waals surface area (Å²) in [6, 6.07) is 6.33. The Labute approximate surface area is 133 Å².